The molecule has 0 aliphatic heterocycles. The zero-order chi connectivity index (χ0) is 13.2. The number of aliphatic carboxylic acids is 1. The summed E-state index contributed by atoms with van der Waals surface area (Å²) in [6, 6.07) is 7.27. The third-order valence-electron chi connectivity index (χ3n) is 3.95. The van der Waals surface area contributed by atoms with Gasteiger partial charge in [-0.25, -0.2) is 0 Å². The van der Waals surface area contributed by atoms with Crippen molar-refractivity contribution in [3.63, 3.8) is 0 Å². The van der Waals surface area contributed by atoms with Gasteiger partial charge in [-0.1, -0.05) is 18.6 Å². The summed E-state index contributed by atoms with van der Waals surface area (Å²) in [6.07, 6.45) is 2.84. The van der Waals surface area contributed by atoms with E-state index in [1.807, 2.05) is 24.3 Å². The van der Waals surface area contributed by atoms with Crippen molar-refractivity contribution in [1.29, 1.82) is 0 Å². The smallest absolute Gasteiger partial charge is 0.311 e. The first kappa shape index (κ1) is 12.9. The van der Waals surface area contributed by atoms with Crippen LogP contribution in [0.2, 0.25) is 0 Å². The molecule has 0 spiro atoms. The lowest BCUT2D eigenvalue weighted by Crippen LogP contribution is -2.45. The van der Waals surface area contributed by atoms with Gasteiger partial charge in [-0.15, -0.1) is 0 Å². The molecule has 2 rings (SSSR count). The highest BCUT2D eigenvalue weighted by Crippen LogP contribution is 2.40. The average molecular weight is 249 g/mol. The summed E-state index contributed by atoms with van der Waals surface area (Å²) < 4.78 is 5.09. The lowest BCUT2D eigenvalue weighted by atomic mass is 9.77. The summed E-state index contributed by atoms with van der Waals surface area (Å²) in [6.45, 7) is 0. The summed E-state index contributed by atoms with van der Waals surface area (Å²) in [7, 11) is 1.61. The molecule has 0 saturated heterocycles. The number of hydrogen-bond donors (Lipinski definition) is 2. The van der Waals surface area contributed by atoms with Gasteiger partial charge in [-0.2, -0.15) is 0 Å². The third kappa shape index (κ3) is 2.20. The molecule has 1 fully saturated rings. The third-order valence-corrected chi connectivity index (χ3v) is 3.95. The number of nitrogens with two attached hydrogens (primary N) is 1. The summed E-state index contributed by atoms with van der Waals surface area (Å²) in [4.78, 5) is 11.6. The molecule has 2 atom stereocenters. The molecule has 4 nitrogen and oxygen atoms in total. The number of methoxy groups -OCH3 is 1. The molecule has 18 heavy (non-hydrogen) atoms. The maximum Gasteiger partial charge on any atom is 0.311 e. The van der Waals surface area contributed by atoms with Crippen molar-refractivity contribution in [2.45, 2.75) is 31.7 Å². The highest BCUT2D eigenvalue weighted by Gasteiger charge is 2.47. The van der Waals surface area contributed by atoms with Crippen LogP contribution in [0.3, 0.4) is 0 Å². The minimum Gasteiger partial charge on any atom is -0.497 e. The Morgan fingerprint density at radius 3 is 2.61 bits per heavy atom. The molecule has 1 aromatic carbocycles. The van der Waals surface area contributed by atoms with Gasteiger partial charge in [0.1, 0.15) is 5.75 Å². The zero-order valence-electron chi connectivity index (χ0n) is 10.6. The SMILES string of the molecule is COc1ccc(C[C@]2(C(=O)O)CCC[C@@H]2N)cc1. The van der Waals surface area contributed by atoms with Crippen molar-refractivity contribution in [2.75, 3.05) is 7.11 Å². The first-order valence-electron chi connectivity index (χ1n) is 6.20. The molecule has 0 heterocycles. The van der Waals surface area contributed by atoms with Crippen molar-refractivity contribution in [1.82, 2.24) is 0 Å². The summed E-state index contributed by atoms with van der Waals surface area (Å²) in [5.74, 6) is 0.00200. The number of hydrogen-bond acceptors (Lipinski definition) is 3. The van der Waals surface area contributed by atoms with Crippen LogP contribution in [0.5, 0.6) is 5.75 Å². The summed E-state index contributed by atoms with van der Waals surface area (Å²) in [5.41, 5.74) is 6.21. The second-order valence-corrected chi connectivity index (χ2v) is 4.98. The Labute approximate surface area is 107 Å². The Morgan fingerprint density at radius 1 is 1.50 bits per heavy atom. The largest absolute Gasteiger partial charge is 0.497 e. The van der Waals surface area contributed by atoms with E-state index in [0.29, 0.717) is 12.8 Å². The molecule has 1 saturated carbocycles. The maximum atomic E-state index is 11.6. The highest BCUT2D eigenvalue weighted by molar-refractivity contribution is 5.76. The Balaban J connectivity index is 2.21. The van der Waals surface area contributed by atoms with Crippen molar-refractivity contribution < 1.29 is 14.6 Å². The Kier molecular flexibility index (Phi) is 3.57. The molecule has 4 heteroatoms. The number of carbonyl (C=O) groups is 1. The lowest BCUT2D eigenvalue weighted by Gasteiger charge is -2.29. The van der Waals surface area contributed by atoms with Crippen LogP contribution in [0.25, 0.3) is 0 Å². The van der Waals surface area contributed by atoms with E-state index in [1.165, 1.54) is 0 Å². The van der Waals surface area contributed by atoms with Gasteiger partial charge < -0.3 is 15.6 Å². The normalized spacial score (nSPS) is 27.1. The van der Waals surface area contributed by atoms with Crippen LogP contribution in [-0.4, -0.2) is 24.2 Å². The van der Waals surface area contributed by atoms with Crippen molar-refractivity contribution in [3.8, 4) is 5.75 Å². The van der Waals surface area contributed by atoms with Gasteiger partial charge in [0, 0.05) is 6.04 Å². The fraction of sp³-hybridized carbons (Fsp3) is 0.500. The summed E-state index contributed by atoms with van der Waals surface area (Å²) >= 11 is 0. The van der Waals surface area contributed by atoms with Crippen molar-refractivity contribution in [2.24, 2.45) is 11.1 Å². The zero-order valence-corrected chi connectivity index (χ0v) is 10.6. The number of ether oxygens (including phenoxy) is 1. The van der Waals surface area contributed by atoms with Crippen molar-refractivity contribution in [3.05, 3.63) is 29.8 Å². The van der Waals surface area contributed by atoms with Gasteiger partial charge in [0.2, 0.25) is 0 Å². The van der Waals surface area contributed by atoms with Crippen LogP contribution in [0.1, 0.15) is 24.8 Å². The van der Waals surface area contributed by atoms with Crippen LogP contribution in [-0.2, 0) is 11.2 Å². The topological polar surface area (TPSA) is 72.5 Å². The summed E-state index contributed by atoms with van der Waals surface area (Å²) in [5, 5.41) is 9.49. The van der Waals surface area contributed by atoms with Gasteiger partial charge >= 0.3 is 5.97 Å². The standard InChI is InChI=1S/C14H19NO3/c1-18-11-6-4-10(5-7-11)9-14(13(16)17)8-2-3-12(14)15/h4-7,12H,2-3,8-9,15H2,1H3,(H,16,17)/t12-,14+/m0/s1. The van der Waals surface area contributed by atoms with Crippen LogP contribution in [0.15, 0.2) is 24.3 Å². The van der Waals surface area contributed by atoms with Crippen LogP contribution >= 0.6 is 0 Å². The van der Waals surface area contributed by atoms with Crippen LogP contribution in [0.4, 0.5) is 0 Å². The first-order chi connectivity index (χ1) is 8.58. The second-order valence-electron chi connectivity index (χ2n) is 4.98. The Morgan fingerprint density at radius 2 is 2.17 bits per heavy atom. The van der Waals surface area contributed by atoms with E-state index in [9.17, 15) is 9.90 Å². The molecular formula is C14H19NO3. The van der Waals surface area contributed by atoms with Gasteiger partial charge in [0.05, 0.1) is 12.5 Å². The molecule has 1 aliphatic carbocycles. The van der Waals surface area contributed by atoms with E-state index in [2.05, 4.69) is 0 Å². The van der Waals surface area contributed by atoms with Crippen LogP contribution in [0, 0.1) is 5.41 Å². The highest BCUT2D eigenvalue weighted by atomic mass is 16.5. The predicted molar refractivity (Wildman–Crippen MR) is 68.6 cm³/mol. The van der Waals surface area contributed by atoms with Gasteiger partial charge in [0.25, 0.3) is 0 Å². The number of carboxylic acids is 1. The minimum absolute atomic E-state index is 0.253. The lowest BCUT2D eigenvalue weighted by molar-refractivity contribution is -0.149. The Bertz CT molecular complexity index is 429. The fourth-order valence-electron chi connectivity index (χ4n) is 2.77. The number of carboxylic acid groups (broad SMARTS) is 1. The molecule has 0 amide bonds. The quantitative estimate of drug-likeness (QED) is 0.853. The fourth-order valence-corrected chi connectivity index (χ4v) is 2.77. The van der Waals surface area contributed by atoms with E-state index in [1.54, 1.807) is 7.11 Å². The van der Waals surface area contributed by atoms with E-state index in [4.69, 9.17) is 10.5 Å². The monoisotopic (exact) mass is 249 g/mol. The van der Waals surface area contributed by atoms with E-state index in [-0.39, 0.29) is 6.04 Å². The molecular weight excluding hydrogens is 230 g/mol. The molecule has 0 radical (unpaired) electrons. The minimum atomic E-state index is -0.797. The van der Waals surface area contributed by atoms with E-state index in [0.717, 1.165) is 24.2 Å². The Hall–Kier alpha value is -1.55. The average Bonchev–Trinajstić information content (AvgIpc) is 2.73. The first-order valence-corrected chi connectivity index (χ1v) is 6.20. The molecule has 0 aromatic heterocycles. The molecule has 1 aromatic rings. The molecule has 98 valence electrons. The van der Waals surface area contributed by atoms with Gasteiger partial charge in [-0.3, -0.25) is 4.79 Å². The molecule has 0 bridgehead atoms. The van der Waals surface area contributed by atoms with Gasteiger partial charge in [-0.05, 0) is 37.0 Å². The maximum absolute atomic E-state index is 11.6. The second kappa shape index (κ2) is 4.98. The predicted octanol–water partition coefficient (Wildman–Crippen LogP) is 1.82. The number of benzene rings is 1. The number of rotatable bonds is 4. The van der Waals surface area contributed by atoms with Crippen LogP contribution < -0.4 is 10.5 Å². The van der Waals surface area contributed by atoms with Gasteiger partial charge in [0.15, 0.2) is 0 Å². The van der Waals surface area contributed by atoms with Crippen molar-refractivity contribution >= 4 is 5.97 Å². The van der Waals surface area contributed by atoms with E-state index >= 15 is 0 Å². The molecule has 1 aliphatic rings. The molecule has 3 N–H and O–H groups in total. The molecule has 0 unspecified atom stereocenters. The van der Waals surface area contributed by atoms with E-state index < -0.39 is 11.4 Å².